The van der Waals surface area contributed by atoms with Crippen LogP contribution in [-0.4, -0.2) is 21.4 Å². The zero-order valence-electron chi connectivity index (χ0n) is 12.5. The van der Waals surface area contributed by atoms with Gasteiger partial charge in [0.25, 0.3) is 15.9 Å². The molecule has 0 heterocycles. The third kappa shape index (κ3) is 4.56. The molecule has 0 unspecified atom stereocenters. The number of rotatable bonds is 5. The van der Waals surface area contributed by atoms with Crippen LogP contribution < -0.4 is 9.46 Å². The molecule has 2 aromatic rings. The average Bonchev–Trinajstić information content (AvgIpc) is 2.52. The van der Waals surface area contributed by atoms with Crippen molar-refractivity contribution in [2.45, 2.75) is 0 Å². The fourth-order valence-corrected chi connectivity index (χ4v) is 2.87. The largest absolute Gasteiger partial charge is 0.496 e. The lowest BCUT2D eigenvalue weighted by Crippen LogP contribution is -2.29. The van der Waals surface area contributed by atoms with Crippen molar-refractivity contribution in [3.8, 4) is 5.75 Å². The summed E-state index contributed by atoms with van der Waals surface area (Å²) in [4.78, 5) is 12.0. The van der Waals surface area contributed by atoms with Crippen LogP contribution >= 0.6 is 11.6 Å². The average molecular weight is 370 g/mol. The van der Waals surface area contributed by atoms with E-state index in [1.165, 1.54) is 13.2 Å². The Balaban J connectivity index is 2.19. The Morgan fingerprint density at radius 1 is 1.25 bits per heavy atom. The zero-order valence-corrected chi connectivity index (χ0v) is 14.1. The first-order valence-corrected chi connectivity index (χ1v) is 8.58. The highest BCUT2D eigenvalue weighted by Crippen LogP contribution is 2.20. The first-order valence-electron chi connectivity index (χ1n) is 6.66. The molecule has 0 radical (unpaired) electrons. The lowest BCUT2D eigenvalue weighted by molar-refractivity contribution is 0.0982. The molecule has 0 aliphatic rings. The van der Waals surface area contributed by atoms with Crippen molar-refractivity contribution < 1.29 is 22.3 Å². The monoisotopic (exact) mass is 369 g/mol. The molecule has 8 heteroatoms. The van der Waals surface area contributed by atoms with E-state index in [9.17, 15) is 17.6 Å². The fourth-order valence-electron chi connectivity index (χ4n) is 1.86. The van der Waals surface area contributed by atoms with Crippen LogP contribution in [-0.2, 0) is 10.0 Å². The SMILES string of the molecule is COc1ccccc1/C=C/S(=O)(=O)NC(=O)c1ccc(F)cc1Cl. The zero-order chi connectivity index (χ0) is 17.7. The van der Waals surface area contributed by atoms with E-state index in [-0.39, 0.29) is 10.6 Å². The molecule has 0 aliphatic carbocycles. The van der Waals surface area contributed by atoms with Gasteiger partial charge < -0.3 is 4.74 Å². The molecule has 0 atom stereocenters. The van der Waals surface area contributed by atoms with Crippen LogP contribution in [0.4, 0.5) is 4.39 Å². The number of nitrogens with one attached hydrogen (secondary N) is 1. The van der Waals surface area contributed by atoms with Crippen molar-refractivity contribution in [1.82, 2.24) is 4.72 Å². The molecule has 24 heavy (non-hydrogen) atoms. The minimum absolute atomic E-state index is 0.146. The standard InChI is InChI=1S/C16H13ClFNO4S/c1-23-15-5-3-2-4-11(15)8-9-24(21,22)19-16(20)13-7-6-12(18)10-14(13)17/h2-10H,1H3,(H,19,20)/b9-8+. The molecule has 0 spiro atoms. The van der Waals surface area contributed by atoms with Crippen LogP contribution in [0.2, 0.25) is 5.02 Å². The summed E-state index contributed by atoms with van der Waals surface area (Å²) in [5.41, 5.74) is 0.380. The normalized spacial score (nSPS) is 11.5. The molecule has 0 bridgehead atoms. The summed E-state index contributed by atoms with van der Waals surface area (Å²) in [7, 11) is -2.61. The topological polar surface area (TPSA) is 72.5 Å². The number of para-hydroxylation sites is 1. The summed E-state index contributed by atoms with van der Waals surface area (Å²) >= 11 is 5.74. The molecule has 5 nitrogen and oxygen atoms in total. The van der Waals surface area contributed by atoms with E-state index in [0.29, 0.717) is 11.3 Å². The summed E-state index contributed by atoms with van der Waals surface area (Å²) in [6.07, 6.45) is 1.29. The van der Waals surface area contributed by atoms with Gasteiger partial charge in [-0.2, -0.15) is 0 Å². The highest BCUT2D eigenvalue weighted by Gasteiger charge is 2.16. The molecule has 0 saturated heterocycles. The van der Waals surface area contributed by atoms with Crippen LogP contribution in [0, 0.1) is 5.82 Å². The third-order valence-corrected chi connectivity index (χ3v) is 4.25. The van der Waals surface area contributed by atoms with Crippen molar-refractivity contribution in [2.24, 2.45) is 0 Å². The number of hydrogen-bond donors (Lipinski definition) is 1. The van der Waals surface area contributed by atoms with Crippen molar-refractivity contribution in [2.75, 3.05) is 7.11 Å². The number of carbonyl (C=O) groups is 1. The Morgan fingerprint density at radius 2 is 1.96 bits per heavy atom. The lowest BCUT2D eigenvalue weighted by Gasteiger charge is -2.06. The molecular weight excluding hydrogens is 357 g/mol. The van der Waals surface area contributed by atoms with Crippen LogP contribution in [0.3, 0.4) is 0 Å². The van der Waals surface area contributed by atoms with Crippen molar-refractivity contribution in [3.63, 3.8) is 0 Å². The molecule has 126 valence electrons. The van der Waals surface area contributed by atoms with Gasteiger partial charge in [-0.15, -0.1) is 0 Å². The molecular formula is C16H13ClFNO4S. The Hall–Kier alpha value is -2.38. The van der Waals surface area contributed by atoms with E-state index >= 15 is 0 Å². The minimum atomic E-state index is -4.07. The maximum absolute atomic E-state index is 13.0. The van der Waals surface area contributed by atoms with Gasteiger partial charge in [0.1, 0.15) is 11.6 Å². The van der Waals surface area contributed by atoms with Gasteiger partial charge in [0.05, 0.1) is 23.1 Å². The van der Waals surface area contributed by atoms with Crippen LogP contribution in [0.5, 0.6) is 5.75 Å². The van der Waals surface area contributed by atoms with Gasteiger partial charge in [0.2, 0.25) is 0 Å². The lowest BCUT2D eigenvalue weighted by atomic mass is 10.2. The van der Waals surface area contributed by atoms with E-state index in [1.54, 1.807) is 24.3 Å². The van der Waals surface area contributed by atoms with Gasteiger partial charge in [-0.1, -0.05) is 29.8 Å². The summed E-state index contributed by atoms with van der Waals surface area (Å²) < 4.78 is 43.9. The van der Waals surface area contributed by atoms with Gasteiger partial charge in [-0.3, -0.25) is 4.79 Å². The van der Waals surface area contributed by atoms with Crippen LogP contribution in [0.15, 0.2) is 47.9 Å². The van der Waals surface area contributed by atoms with Crippen LogP contribution in [0.25, 0.3) is 6.08 Å². The Bertz CT molecular complexity index is 897. The first-order chi connectivity index (χ1) is 11.3. The van der Waals surface area contributed by atoms with Gasteiger partial charge in [-0.05, 0) is 30.3 Å². The Morgan fingerprint density at radius 3 is 2.62 bits per heavy atom. The molecule has 1 amide bonds. The molecule has 0 saturated carbocycles. The smallest absolute Gasteiger partial charge is 0.266 e. The second kappa shape index (κ2) is 7.46. The summed E-state index contributed by atoms with van der Waals surface area (Å²) in [6.45, 7) is 0. The number of ether oxygens (including phenoxy) is 1. The quantitative estimate of drug-likeness (QED) is 0.878. The summed E-state index contributed by atoms with van der Waals surface area (Å²) in [5.74, 6) is -1.10. The maximum Gasteiger partial charge on any atom is 0.266 e. The van der Waals surface area contributed by atoms with Crippen molar-refractivity contribution >= 4 is 33.6 Å². The van der Waals surface area contributed by atoms with Gasteiger partial charge in [-0.25, -0.2) is 17.5 Å². The number of hydrogen-bond acceptors (Lipinski definition) is 4. The Labute approximate surface area is 143 Å². The molecule has 0 fully saturated rings. The number of benzene rings is 2. The molecule has 2 rings (SSSR count). The highest BCUT2D eigenvalue weighted by atomic mass is 35.5. The number of sulfonamides is 1. The molecule has 2 aromatic carbocycles. The predicted octanol–water partition coefficient (Wildman–Crippen LogP) is 3.22. The number of halogens is 2. The number of methoxy groups -OCH3 is 1. The molecule has 1 N–H and O–H groups in total. The first kappa shape index (κ1) is 18.0. The van der Waals surface area contributed by atoms with E-state index < -0.39 is 21.7 Å². The number of amides is 1. The van der Waals surface area contributed by atoms with E-state index in [2.05, 4.69) is 0 Å². The molecule has 0 aliphatic heterocycles. The van der Waals surface area contributed by atoms with E-state index in [0.717, 1.165) is 23.6 Å². The summed E-state index contributed by atoms with van der Waals surface area (Å²) in [6, 6.07) is 9.82. The maximum atomic E-state index is 13.0. The highest BCUT2D eigenvalue weighted by molar-refractivity contribution is 7.93. The number of carbonyl (C=O) groups excluding carboxylic acids is 1. The van der Waals surface area contributed by atoms with E-state index in [1.807, 2.05) is 4.72 Å². The van der Waals surface area contributed by atoms with Gasteiger partial charge >= 0.3 is 0 Å². The second-order valence-corrected chi connectivity index (χ2v) is 6.62. The molecule has 0 aromatic heterocycles. The third-order valence-electron chi connectivity index (χ3n) is 2.98. The van der Waals surface area contributed by atoms with Gasteiger partial charge in [0.15, 0.2) is 0 Å². The summed E-state index contributed by atoms with van der Waals surface area (Å²) in [5, 5.41) is 0.650. The fraction of sp³-hybridized carbons (Fsp3) is 0.0625. The van der Waals surface area contributed by atoms with Crippen molar-refractivity contribution in [3.05, 3.63) is 69.8 Å². The Kier molecular flexibility index (Phi) is 5.58. The van der Waals surface area contributed by atoms with E-state index in [4.69, 9.17) is 16.3 Å². The minimum Gasteiger partial charge on any atom is -0.496 e. The van der Waals surface area contributed by atoms with Crippen molar-refractivity contribution in [1.29, 1.82) is 0 Å². The van der Waals surface area contributed by atoms with Gasteiger partial charge in [0, 0.05) is 5.56 Å². The second-order valence-electron chi connectivity index (χ2n) is 4.65. The predicted molar refractivity (Wildman–Crippen MR) is 89.8 cm³/mol. The van der Waals surface area contributed by atoms with Crippen LogP contribution in [0.1, 0.15) is 15.9 Å².